The minimum Gasteiger partial charge on any atom is -0.383 e. The number of nitrogens with one attached hydrogen (secondary N) is 4. The van der Waals surface area contributed by atoms with E-state index in [1.54, 1.807) is 14.2 Å². The molecule has 0 aliphatic carbocycles. The summed E-state index contributed by atoms with van der Waals surface area (Å²) in [5.74, 6) is 1.21. The quantitative estimate of drug-likeness (QED) is 0.194. The molecule has 74 heavy (non-hydrogen) atoms. The summed E-state index contributed by atoms with van der Waals surface area (Å²) >= 11 is 0. The number of carbonyl (C=O) groups is 2. The molecule has 2 amide bonds. The molecule has 0 saturated carbocycles. The topological polar surface area (TPSA) is 191 Å². The van der Waals surface area contributed by atoms with Crippen LogP contribution in [-0.2, 0) is 45.0 Å². The molecule has 16 rings (SSSR count). The zero-order valence-electron chi connectivity index (χ0n) is 42.8. The van der Waals surface area contributed by atoms with Crippen molar-refractivity contribution in [2.24, 2.45) is 0 Å². The van der Waals surface area contributed by atoms with Gasteiger partial charge < -0.3 is 30.7 Å². The molecule has 14 heterocycles. The lowest BCUT2D eigenvalue weighted by atomic mass is 10.0. The van der Waals surface area contributed by atoms with Crippen molar-refractivity contribution in [1.82, 2.24) is 60.1 Å². The third-order valence-corrected chi connectivity index (χ3v) is 14.0. The summed E-state index contributed by atoms with van der Waals surface area (Å²) in [4.78, 5) is 62.5. The van der Waals surface area contributed by atoms with Gasteiger partial charge in [0.25, 0.3) is 0 Å². The SMILES string of the molecule is COCC1C(=O)NCCCNc2ncc(cn2)-c2ccnc(c2)Cc2cccc(c2)CN2CCN1CC2.COCC1C(=O)NCCCNc2ncc(cn2)-c2ccnc(c2)Cc2cccc(c2)CN2CCN1CC2. The average molecular weight is 1000 g/mol. The molecule has 10 aliphatic rings. The monoisotopic (exact) mass is 1000 g/mol. The van der Waals surface area contributed by atoms with Crippen LogP contribution < -0.4 is 21.3 Å². The van der Waals surface area contributed by atoms with Crippen LogP contribution in [0.2, 0.25) is 0 Å². The fourth-order valence-electron chi connectivity index (χ4n) is 9.97. The second kappa shape index (κ2) is 26.4. The summed E-state index contributed by atoms with van der Waals surface area (Å²) in [6.45, 7) is 12.1. The molecule has 2 aromatic carbocycles. The first-order chi connectivity index (χ1) is 36.3. The number of ether oxygens (including phenoxy) is 2. The number of hydrogen-bond acceptors (Lipinski definition) is 16. The highest BCUT2D eigenvalue weighted by Gasteiger charge is 2.30. The summed E-state index contributed by atoms with van der Waals surface area (Å²) in [6, 6.07) is 25.2. The molecule has 18 heteroatoms. The molecule has 2 fully saturated rings. The number of aromatic nitrogens is 6. The predicted octanol–water partition coefficient (Wildman–Crippen LogP) is 4.39. The first kappa shape index (κ1) is 52.1. The van der Waals surface area contributed by atoms with Crippen LogP contribution in [0.3, 0.4) is 0 Å². The normalized spacial score (nSPS) is 22.7. The van der Waals surface area contributed by atoms with Crippen LogP contribution in [0.15, 0.2) is 110 Å². The van der Waals surface area contributed by atoms with Crippen LogP contribution in [0, 0.1) is 0 Å². The van der Waals surface area contributed by atoms with Gasteiger partial charge in [0.1, 0.15) is 12.1 Å². The number of carbonyl (C=O) groups excluding carboxylic acids is 2. The lowest BCUT2D eigenvalue weighted by Gasteiger charge is -2.38. The molecule has 0 radical (unpaired) electrons. The number of piperazine rings is 2. The summed E-state index contributed by atoms with van der Waals surface area (Å²) < 4.78 is 10.8. The van der Waals surface area contributed by atoms with Gasteiger partial charge in [0.15, 0.2) is 0 Å². The first-order valence-corrected chi connectivity index (χ1v) is 26.0. The van der Waals surface area contributed by atoms with Crippen molar-refractivity contribution in [3.63, 3.8) is 0 Å². The van der Waals surface area contributed by atoms with Crippen LogP contribution in [0.5, 0.6) is 0 Å². The first-order valence-electron chi connectivity index (χ1n) is 26.0. The minimum absolute atomic E-state index is 0.0253. The van der Waals surface area contributed by atoms with Gasteiger partial charge in [-0.3, -0.25) is 39.2 Å². The molecule has 6 aromatic rings. The van der Waals surface area contributed by atoms with Gasteiger partial charge in [-0.15, -0.1) is 0 Å². The van der Waals surface area contributed by atoms with Crippen molar-refractivity contribution in [3.8, 4) is 22.3 Å². The van der Waals surface area contributed by atoms with Gasteiger partial charge in [-0.05, 0) is 70.5 Å². The molecular weight excluding hydrogens is 933 g/mol. The molecule has 388 valence electrons. The second-order valence-corrected chi connectivity index (χ2v) is 19.4. The van der Waals surface area contributed by atoms with Crippen molar-refractivity contribution >= 4 is 23.7 Å². The van der Waals surface area contributed by atoms with Crippen molar-refractivity contribution in [2.75, 3.05) is 117 Å². The average Bonchev–Trinajstić information content (AvgIpc) is 3.42. The van der Waals surface area contributed by atoms with Crippen LogP contribution in [0.1, 0.15) is 46.5 Å². The Bertz CT molecular complexity index is 2540. The zero-order valence-corrected chi connectivity index (χ0v) is 42.8. The third-order valence-electron chi connectivity index (χ3n) is 14.0. The van der Waals surface area contributed by atoms with Crippen LogP contribution in [0.4, 0.5) is 11.9 Å². The Morgan fingerprint density at radius 3 is 1.27 bits per heavy atom. The highest BCUT2D eigenvalue weighted by atomic mass is 16.5. The third kappa shape index (κ3) is 14.7. The highest BCUT2D eigenvalue weighted by molar-refractivity contribution is 5.82. The Morgan fingerprint density at radius 1 is 0.473 bits per heavy atom. The second-order valence-electron chi connectivity index (χ2n) is 19.4. The van der Waals surface area contributed by atoms with E-state index in [0.717, 1.165) is 125 Å². The molecule has 2 saturated heterocycles. The number of methoxy groups -OCH3 is 2. The van der Waals surface area contributed by atoms with Gasteiger partial charge in [-0.1, -0.05) is 48.5 Å². The molecule has 16 bridgehead atoms. The Hall–Kier alpha value is -6.80. The Labute approximate surface area is 434 Å². The summed E-state index contributed by atoms with van der Waals surface area (Å²) in [5.41, 5.74) is 11.1. The molecule has 0 spiro atoms. The highest BCUT2D eigenvalue weighted by Crippen LogP contribution is 2.23. The molecule has 4 N–H and O–H groups in total. The van der Waals surface area contributed by atoms with Crippen molar-refractivity contribution in [1.29, 1.82) is 0 Å². The van der Waals surface area contributed by atoms with E-state index in [-0.39, 0.29) is 23.9 Å². The van der Waals surface area contributed by atoms with Crippen molar-refractivity contribution in [2.45, 2.75) is 50.9 Å². The van der Waals surface area contributed by atoms with E-state index in [0.29, 0.717) is 51.3 Å². The predicted molar refractivity (Wildman–Crippen MR) is 286 cm³/mol. The van der Waals surface area contributed by atoms with E-state index in [1.807, 2.05) is 49.3 Å². The fourth-order valence-corrected chi connectivity index (χ4v) is 9.97. The standard InChI is InChI=1S/2C28H35N7O2/c2*1-37-20-26-27(36)30-7-3-8-31-28-32-17-24(18-33-28)23-6-9-29-25(16-23)15-21-4-2-5-22(14-21)19-34-10-12-35(26)13-11-34/h2*2,4-6,9,14,16-18,26H,3,7-8,10-13,15,19-20H2,1H3,(H,30,36)(H,31,32,33). The van der Waals surface area contributed by atoms with Crippen molar-refractivity contribution in [3.05, 3.63) is 144 Å². The number of rotatable bonds is 4. The molecule has 2 atom stereocenters. The summed E-state index contributed by atoms with van der Waals surface area (Å²) in [7, 11) is 3.31. The summed E-state index contributed by atoms with van der Waals surface area (Å²) in [5, 5.41) is 12.7. The zero-order chi connectivity index (χ0) is 50.9. The van der Waals surface area contributed by atoms with Gasteiger partial charge in [0.2, 0.25) is 23.7 Å². The van der Waals surface area contributed by atoms with Gasteiger partial charge in [-0.25, -0.2) is 19.9 Å². The van der Waals surface area contributed by atoms with Gasteiger partial charge in [0, 0.05) is 178 Å². The number of anilines is 2. The van der Waals surface area contributed by atoms with Crippen LogP contribution in [0.25, 0.3) is 22.3 Å². The smallest absolute Gasteiger partial charge is 0.239 e. The molecule has 18 nitrogen and oxygen atoms in total. The largest absolute Gasteiger partial charge is 0.383 e. The van der Waals surface area contributed by atoms with E-state index in [4.69, 9.17) is 9.47 Å². The lowest BCUT2D eigenvalue weighted by Crippen LogP contribution is -2.56. The van der Waals surface area contributed by atoms with Gasteiger partial charge in [0.05, 0.1) is 13.2 Å². The van der Waals surface area contributed by atoms with Crippen LogP contribution in [-0.4, -0.2) is 179 Å². The maximum Gasteiger partial charge on any atom is 0.239 e. The maximum atomic E-state index is 13.0. The fraction of sp³-hybridized carbons (Fsp3) is 0.429. The van der Waals surface area contributed by atoms with E-state index < -0.39 is 0 Å². The lowest BCUT2D eigenvalue weighted by molar-refractivity contribution is -0.130. The van der Waals surface area contributed by atoms with Crippen LogP contribution >= 0.6 is 0 Å². The molecule has 10 aliphatic heterocycles. The maximum absolute atomic E-state index is 13.0. The van der Waals surface area contributed by atoms with Crippen molar-refractivity contribution < 1.29 is 19.1 Å². The molecule has 2 unspecified atom stereocenters. The number of pyridine rings is 2. The van der Waals surface area contributed by atoms with Gasteiger partial charge >= 0.3 is 0 Å². The van der Waals surface area contributed by atoms with E-state index in [2.05, 4.69) is 131 Å². The minimum atomic E-state index is -0.275. The number of benzene rings is 2. The number of amides is 2. The molecule has 4 aromatic heterocycles. The van der Waals surface area contributed by atoms with E-state index in [1.165, 1.54) is 22.3 Å². The van der Waals surface area contributed by atoms with E-state index >= 15 is 0 Å². The summed E-state index contributed by atoms with van der Waals surface area (Å²) in [6.07, 6.45) is 14.1. The Morgan fingerprint density at radius 2 is 0.865 bits per heavy atom. The van der Waals surface area contributed by atoms with Gasteiger partial charge in [-0.2, -0.15) is 0 Å². The Kier molecular flexibility index (Phi) is 18.6. The Balaban J connectivity index is 0.000000182. The number of nitrogens with zero attached hydrogens (tertiary/aromatic N) is 10. The van der Waals surface area contributed by atoms with E-state index in [9.17, 15) is 9.59 Å². The number of hydrogen-bond donors (Lipinski definition) is 4. The molecular formula is C56H70N14O4.